The lowest BCUT2D eigenvalue weighted by Crippen LogP contribution is -2.43. The van der Waals surface area contributed by atoms with E-state index in [1.807, 2.05) is 26.4 Å². The number of nitrogens with zero attached hydrogens (tertiary/aromatic N) is 2. The van der Waals surface area contributed by atoms with Crippen molar-refractivity contribution < 1.29 is 9.47 Å². The fourth-order valence-electron chi connectivity index (χ4n) is 3.40. The van der Waals surface area contributed by atoms with Gasteiger partial charge in [-0.2, -0.15) is 0 Å². The van der Waals surface area contributed by atoms with Crippen molar-refractivity contribution in [3.05, 3.63) is 23.8 Å². The molecule has 20 heavy (non-hydrogen) atoms. The lowest BCUT2D eigenvalue weighted by Gasteiger charge is -2.40. The van der Waals surface area contributed by atoms with E-state index < -0.39 is 0 Å². The van der Waals surface area contributed by atoms with E-state index in [1.165, 1.54) is 0 Å². The molecule has 3 atom stereocenters. The van der Waals surface area contributed by atoms with Gasteiger partial charge in [0.25, 0.3) is 0 Å². The zero-order valence-electron chi connectivity index (χ0n) is 12.3. The number of nitrogens with one attached hydrogen (secondary N) is 1. The number of aromatic nitrogens is 2. The van der Waals surface area contributed by atoms with Crippen molar-refractivity contribution in [3.63, 3.8) is 0 Å². The molecular weight excluding hydrogens is 254 g/mol. The standard InChI is InChI=1S/C15H23N3O2/c1-11-8-18-13(9-17-11)14(16-2)12-3-5-20-15(7-12)4-6-19-10-15/h8-9,12,14,16H,3-7,10H2,1-2H3. The Morgan fingerprint density at radius 2 is 2.25 bits per heavy atom. The van der Waals surface area contributed by atoms with Crippen molar-refractivity contribution in [1.29, 1.82) is 0 Å². The van der Waals surface area contributed by atoms with Gasteiger partial charge < -0.3 is 14.8 Å². The summed E-state index contributed by atoms with van der Waals surface area (Å²) in [6.45, 7) is 4.33. The number of hydrogen-bond acceptors (Lipinski definition) is 5. The van der Waals surface area contributed by atoms with Gasteiger partial charge in [-0.25, -0.2) is 0 Å². The first-order chi connectivity index (χ1) is 9.72. The molecule has 2 fully saturated rings. The average Bonchev–Trinajstić information content (AvgIpc) is 2.90. The van der Waals surface area contributed by atoms with E-state index in [1.54, 1.807) is 0 Å². The van der Waals surface area contributed by atoms with Crippen molar-refractivity contribution in [3.8, 4) is 0 Å². The molecule has 0 saturated carbocycles. The van der Waals surface area contributed by atoms with Gasteiger partial charge in [-0.05, 0) is 32.7 Å². The summed E-state index contributed by atoms with van der Waals surface area (Å²) in [6.07, 6.45) is 6.84. The summed E-state index contributed by atoms with van der Waals surface area (Å²) in [5, 5.41) is 3.42. The van der Waals surface area contributed by atoms with Crippen molar-refractivity contribution in [2.24, 2.45) is 5.92 Å². The van der Waals surface area contributed by atoms with Crippen LogP contribution in [0.5, 0.6) is 0 Å². The summed E-state index contributed by atoms with van der Waals surface area (Å²) in [6, 6.07) is 0.240. The second-order valence-corrected chi connectivity index (χ2v) is 5.94. The van der Waals surface area contributed by atoms with Crippen LogP contribution in [0, 0.1) is 12.8 Å². The summed E-state index contributed by atoms with van der Waals surface area (Å²) in [4.78, 5) is 8.92. The van der Waals surface area contributed by atoms with Gasteiger partial charge in [0.2, 0.25) is 0 Å². The van der Waals surface area contributed by atoms with Crippen molar-refractivity contribution in [2.45, 2.75) is 37.8 Å². The molecule has 0 amide bonds. The van der Waals surface area contributed by atoms with Crippen molar-refractivity contribution in [1.82, 2.24) is 15.3 Å². The quantitative estimate of drug-likeness (QED) is 0.910. The van der Waals surface area contributed by atoms with Gasteiger partial charge in [0, 0.05) is 25.8 Å². The van der Waals surface area contributed by atoms with Gasteiger partial charge in [-0.15, -0.1) is 0 Å². The van der Waals surface area contributed by atoms with E-state index in [2.05, 4.69) is 15.3 Å². The highest BCUT2D eigenvalue weighted by molar-refractivity contribution is 5.09. The molecule has 0 aliphatic carbocycles. The molecule has 1 N–H and O–H groups in total. The lowest BCUT2D eigenvalue weighted by molar-refractivity contribution is -0.103. The van der Waals surface area contributed by atoms with Gasteiger partial charge in [-0.3, -0.25) is 9.97 Å². The molecule has 0 radical (unpaired) electrons. The molecule has 0 bridgehead atoms. The fourth-order valence-corrected chi connectivity index (χ4v) is 3.40. The predicted octanol–water partition coefficient (Wildman–Crippen LogP) is 1.63. The van der Waals surface area contributed by atoms with E-state index in [9.17, 15) is 0 Å². The molecule has 110 valence electrons. The maximum Gasteiger partial charge on any atom is 0.0940 e. The van der Waals surface area contributed by atoms with Gasteiger partial charge in [0.1, 0.15) is 0 Å². The van der Waals surface area contributed by atoms with E-state index in [-0.39, 0.29) is 11.6 Å². The molecule has 1 spiro atoms. The Kier molecular flexibility index (Phi) is 4.01. The highest BCUT2D eigenvalue weighted by Crippen LogP contribution is 2.40. The van der Waals surface area contributed by atoms with Crippen LogP contribution in [-0.4, -0.2) is 42.4 Å². The summed E-state index contributed by atoms with van der Waals surface area (Å²) in [5.74, 6) is 0.521. The Labute approximate surface area is 120 Å². The predicted molar refractivity (Wildman–Crippen MR) is 75.4 cm³/mol. The van der Waals surface area contributed by atoms with Gasteiger partial charge in [-0.1, -0.05) is 0 Å². The van der Waals surface area contributed by atoms with Crippen LogP contribution in [-0.2, 0) is 9.47 Å². The Bertz CT molecular complexity index is 443. The number of aryl methyl sites for hydroxylation is 1. The fraction of sp³-hybridized carbons (Fsp3) is 0.733. The monoisotopic (exact) mass is 277 g/mol. The second-order valence-electron chi connectivity index (χ2n) is 5.94. The van der Waals surface area contributed by atoms with Crippen LogP contribution in [0.15, 0.2) is 12.4 Å². The topological polar surface area (TPSA) is 56.3 Å². The van der Waals surface area contributed by atoms with Crippen LogP contribution in [0.25, 0.3) is 0 Å². The smallest absolute Gasteiger partial charge is 0.0940 e. The molecule has 0 aromatic carbocycles. The zero-order valence-corrected chi connectivity index (χ0v) is 12.3. The Morgan fingerprint density at radius 3 is 2.90 bits per heavy atom. The molecule has 2 aliphatic rings. The summed E-state index contributed by atoms with van der Waals surface area (Å²) < 4.78 is 11.6. The number of ether oxygens (including phenoxy) is 2. The molecule has 1 aromatic heterocycles. The van der Waals surface area contributed by atoms with Crippen LogP contribution in [0.2, 0.25) is 0 Å². The Hall–Kier alpha value is -1.04. The molecule has 3 heterocycles. The van der Waals surface area contributed by atoms with Crippen LogP contribution in [0.1, 0.15) is 36.7 Å². The zero-order chi connectivity index (χ0) is 14.0. The molecule has 5 heteroatoms. The largest absolute Gasteiger partial charge is 0.378 e. The van der Waals surface area contributed by atoms with E-state index >= 15 is 0 Å². The average molecular weight is 277 g/mol. The van der Waals surface area contributed by atoms with E-state index in [0.717, 1.165) is 50.5 Å². The second kappa shape index (κ2) is 5.76. The first kappa shape index (κ1) is 13.9. The molecule has 5 nitrogen and oxygen atoms in total. The van der Waals surface area contributed by atoms with Crippen LogP contribution in [0.4, 0.5) is 0 Å². The first-order valence-electron chi connectivity index (χ1n) is 7.40. The van der Waals surface area contributed by atoms with E-state index in [4.69, 9.17) is 9.47 Å². The molecule has 1 aromatic rings. The van der Waals surface area contributed by atoms with Crippen molar-refractivity contribution in [2.75, 3.05) is 26.9 Å². The molecule has 2 aliphatic heterocycles. The third-order valence-electron chi connectivity index (χ3n) is 4.50. The lowest BCUT2D eigenvalue weighted by atomic mass is 9.80. The normalized spacial score (nSPS) is 31.6. The molecule has 3 unspecified atom stereocenters. The highest BCUT2D eigenvalue weighted by atomic mass is 16.6. The van der Waals surface area contributed by atoms with Crippen LogP contribution >= 0.6 is 0 Å². The third-order valence-corrected chi connectivity index (χ3v) is 4.50. The highest BCUT2D eigenvalue weighted by Gasteiger charge is 2.43. The third kappa shape index (κ3) is 2.71. The Balaban J connectivity index is 1.76. The summed E-state index contributed by atoms with van der Waals surface area (Å²) >= 11 is 0. The minimum absolute atomic E-state index is 0.0594. The SMILES string of the molecule is CNC(c1cnc(C)cn1)C1CCOC2(CCOC2)C1. The summed E-state index contributed by atoms with van der Waals surface area (Å²) in [5.41, 5.74) is 1.92. The van der Waals surface area contributed by atoms with Crippen molar-refractivity contribution >= 4 is 0 Å². The van der Waals surface area contributed by atoms with Crippen LogP contribution in [0.3, 0.4) is 0 Å². The van der Waals surface area contributed by atoms with Gasteiger partial charge >= 0.3 is 0 Å². The molecule has 2 saturated heterocycles. The van der Waals surface area contributed by atoms with Gasteiger partial charge in [0.15, 0.2) is 0 Å². The maximum atomic E-state index is 6.02. The minimum atomic E-state index is -0.0594. The number of hydrogen-bond donors (Lipinski definition) is 1. The Morgan fingerprint density at radius 1 is 1.35 bits per heavy atom. The van der Waals surface area contributed by atoms with Crippen LogP contribution < -0.4 is 5.32 Å². The molecule has 3 rings (SSSR count). The first-order valence-corrected chi connectivity index (χ1v) is 7.40. The maximum absolute atomic E-state index is 6.02. The van der Waals surface area contributed by atoms with Gasteiger partial charge in [0.05, 0.1) is 35.8 Å². The summed E-state index contributed by atoms with van der Waals surface area (Å²) in [7, 11) is 2.00. The molecular formula is C15H23N3O2. The number of rotatable bonds is 3. The minimum Gasteiger partial charge on any atom is -0.378 e. The van der Waals surface area contributed by atoms with E-state index in [0.29, 0.717) is 5.92 Å².